The summed E-state index contributed by atoms with van der Waals surface area (Å²) < 4.78 is 16.1. The summed E-state index contributed by atoms with van der Waals surface area (Å²) in [7, 11) is 0. The van der Waals surface area contributed by atoms with Crippen LogP contribution in [0.1, 0.15) is 26.2 Å². The van der Waals surface area contributed by atoms with E-state index >= 15 is 0 Å². The highest BCUT2D eigenvalue weighted by molar-refractivity contribution is 4.69. The Hall–Kier alpha value is -1.14. The lowest BCUT2D eigenvalue weighted by Crippen LogP contribution is -2.26. The van der Waals surface area contributed by atoms with Gasteiger partial charge in [0.1, 0.15) is 6.10 Å². The molecular formula is C12H20N2O3. The van der Waals surface area contributed by atoms with Gasteiger partial charge in [-0.25, -0.2) is 0 Å². The molecule has 0 aromatic heterocycles. The highest BCUT2D eigenvalue weighted by Crippen LogP contribution is 1.98. The maximum absolute atomic E-state index is 8.41. The van der Waals surface area contributed by atoms with Gasteiger partial charge in [0.2, 0.25) is 0 Å². The molecule has 5 nitrogen and oxygen atoms in total. The Morgan fingerprint density at radius 2 is 1.53 bits per heavy atom. The lowest BCUT2D eigenvalue weighted by Gasteiger charge is -2.17. The molecule has 17 heavy (non-hydrogen) atoms. The Morgan fingerprint density at radius 3 is 2.12 bits per heavy atom. The molecule has 0 saturated carbocycles. The fraction of sp³-hybridized carbons (Fsp3) is 0.833. The first-order valence-electron chi connectivity index (χ1n) is 5.86. The molecule has 0 spiro atoms. The van der Waals surface area contributed by atoms with Crippen molar-refractivity contribution in [2.75, 3.05) is 33.0 Å². The van der Waals surface area contributed by atoms with E-state index in [4.69, 9.17) is 24.7 Å². The number of ether oxygens (including phenoxy) is 3. The SMILES string of the molecule is CCCOCC(COCCC#N)OCCC#N. The highest BCUT2D eigenvalue weighted by Gasteiger charge is 2.09. The number of nitrogens with zero attached hydrogens (tertiary/aromatic N) is 2. The molecule has 1 unspecified atom stereocenters. The molecule has 0 aromatic carbocycles. The van der Waals surface area contributed by atoms with Gasteiger partial charge in [-0.15, -0.1) is 0 Å². The third-order valence-corrected chi connectivity index (χ3v) is 1.88. The lowest BCUT2D eigenvalue weighted by molar-refractivity contribution is -0.0576. The Balaban J connectivity index is 3.69. The predicted octanol–water partition coefficient (Wildman–Crippen LogP) is 1.64. The van der Waals surface area contributed by atoms with Crippen molar-refractivity contribution in [3.05, 3.63) is 0 Å². The van der Waals surface area contributed by atoms with Crippen molar-refractivity contribution in [2.45, 2.75) is 32.3 Å². The maximum Gasteiger partial charge on any atom is 0.104 e. The van der Waals surface area contributed by atoms with Crippen LogP contribution in [0.15, 0.2) is 0 Å². The van der Waals surface area contributed by atoms with E-state index in [2.05, 4.69) is 0 Å². The summed E-state index contributed by atoms with van der Waals surface area (Å²) in [5.41, 5.74) is 0. The zero-order valence-corrected chi connectivity index (χ0v) is 10.4. The molecule has 0 aliphatic heterocycles. The monoisotopic (exact) mass is 240 g/mol. The van der Waals surface area contributed by atoms with Crippen LogP contribution in [0.2, 0.25) is 0 Å². The van der Waals surface area contributed by atoms with Crippen LogP contribution >= 0.6 is 0 Å². The van der Waals surface area contributed by atoms with Gasteiger partial charge in [-0.3, -0.25) is 0 Å². The van der Waals surface area contributed by atoms with Gasteiger partial charge in [-0.1, -0.05) is 6.92 Å². The van der Waals surface area contributed by atoms with Crippen molar-refractivity contribution in [2.24, 2.45) is 0 Å². The van der Waals surface area contributed by atoms with E-state index in [1.54, 1.807) is 0 Å². The third-order valence-electron chi connectivity index (χ3n) is 1.88. The first-order chi connectivity index (χ1) is 8.35. The van der Waals surface area contributed by atoms with Crippen molar-refractivity contribution in [1.29, 1.82) is 10.5 Å². The third kappa shape index (κ3) is 11.1. The van der Waals surface area contributed by atoms with Gasteiger partial charge in [0, 0.05) is 6.61 Å². The molecule has 0 fully saturated rings. The van der Waals surface area contributed by atoms with Gasteiger partial charge in [-0.05, 0) is 6.42 Å². The van der Waals surface area contributed by atoms with Crippen LogP contribution in [-0.2, 0) is 14.2 Å². The van der Waals surface area contributed by atoms with E-state index in [1.807, 2.05) is 19.1 Å². The van der Waals surface area contributed by atoms with Gasteiger partial charge in [-0.2, -0.15) is 10.5 Å². The van der Waals surface area contributed by atoms with E-state index in [0.29, 0.717) is 45.9 Å². The molecule has 0 aliphatic rings. The normalized spacial score (nSPS) is 11.7. The number of rotatable bonds is 11. The molecule has 0 aliphatic carbocycles. The second-order valence-corrected chi connectivity index (χ2v) is 3.46. The van der Waals surface area contributed by atoms with E-state index < -0.39 is 0 Å². The first kappa shape index (κ1) is 15.9. The van der Waals surface area contributed by atoms with Crippen molar-refractivity contribution >= 4 is 0 Å². The van der Waals surface area contributed by atoms with Gasteiger partial charge in [0.25, 0.3) is 0 Å². The topological polar surface area (TPSA) is 75.3 Å². The predicted molar refractivity (Wildman–Crippen MR) is 62.1 cm³/mol. The lowest BCUT2D eigenvalue weighted by atomic mass is 10.4. The minimum absolute atomic E-state index is 0.159. The molecule has 0 saturated heterocycles. The standard InChI is InChI=1S/C12H20N2O3/c1-2-7-15-10-12(17-9-4-6-14)11-16-8-3-5-13/h12H,2-4,7-11H2,1H3. The zero-order valence-electron chi connectivity index (χ0n) is 10.4. The van der Waals surface area contributed by atoms with Crippen LogP contribution in [0.25, 0.3) is 0 Å². The van der Waals surface area contributed by atoms with Crippen LogP contribution in [0.4, 0.5) is 0 Å². The van der Waals surface area contributed by atoms with Crippen LogP contribution < -0.4 is 0 Å². The molecule has 1 atom stereocenters. The molecular weight excluding hydrogens is 220 g/mol. The Labute approximate surface area is 103 Å². The van der Waals surface area contributed by atoms with Gasteiger partial charge < -0.3 is 14.2 Å². The van der Waals surface area contributed by atoms with Crippen molar-refractivity contribution in [3.8, 4) is 12.1 Å². The smallest absolute Gasteiger partial charge is 0.104 e. The number of hydrogen-bond acceptors (Lipinski definition) is 5. The Kier molecular flexibility index (Phi) is 12.1. The molecule has 0 heterocycles. The fourth-order valence-corrected chi connectivity index (χ4v) is 1.11. The highest BCUT2D eigenvalue weighted by atomic mass is 16.6. The molecule has 5 heteroatoms. The number of nitriles is 2. The fourth-order valence-electron chi connectivity index (χ4n) is 1.11. The molecule has 0 radical (unpaired) electrons. The molecule has 0 bridgehead atoms. The van der Waals surface area contributed by atoms with Crippen molar-refractivity contribution in [3.63, 3.8) is 0 Å². The second kappa shape index (κ2) is 12.9. The molecule has 0 amide bonds. The van der Waals surface area contributed by atoms with Crippen molar-refractivity contribution < 1.29 is 14.2 Å². The van der Waals surface area contributed by atoms with Crippen LogP contribution in [0.5, 0.6) is 0 Å². The van der Waals surface area contributed by atoms with Gasteiger partial charge in [0.15, 0.2) is 0 Å². The molecule has 0 N–H and O–H groups in total. The van der Waals surface area contributed by atoms with E-state index in [-0.39, 0.29) is 6.10 Å². The van der Waals surface area contributed by atoms with Crippen molar-refractivity contribution in [1.82, 2.24) is 0 Å². The minimum atomic E-state index is -0.159. The summed E-state index contributed by atoms with van der Waals surface area (Å²) in [5.74, 6) is 0. The molecule has 96 valence electrons. The zero-order chi connectivity index (χ0) is 12.8. The minimum Gasteiger partial charge on any atom is -0.379 e. The molecule has 0 aromatic rings. The summed E-state index contributed by atoms with van der Waals surface area (Å²) in [5, 5.41) is 16.8. The maximum atomic E-state index is 8.41. The quantitative estimate of drug-likeness (QED) is 0.513. The van der Waals surface area contributed by atoms with E-state index in [1.165, 1.54) is 0 Å². The largest absolute Gasteiger partial charge is 0.379 e. The average Bonchev–Trinajstić information content (AvgIpc) is 2.34. The van der Waals surface area contributed by atoms with Crippen LogP contribution in [0.3, 0.4) is 0 Å². The summed E-state index contributed by atoms with van der Waals surface area (Å²) in [6.07, 6.45) is 1.54. The van der Waals surface area contributed by atoms with Gasteiger partial charge >= 0.3 is 0 Å². The van der Waals surface area contributed by atoms with E-state index in [9.17, 15) is 0 Å². The second-order valence-electron chi connectivity index (χ2n) is 3.46. The molecule has 0 rings (SSSR count). The Morgan fingerprint density at radius 1 is 0.941 bits per heavy atom. The number of hydrogen-bond donors (Lipinski definition) is 0. The average molecular weight is 240 g/mol. The Bertz CT molecular complexity index is 245. The van der Waals surface area contributed by atoms with Crippen LogP contribution in [-0.4, -0.2) is 39.1 Å². The summed E-state index contributed by atoms with van der Waals surface area (Å²) in [4.78, 5) is 0. The summed E-state index contributed by atoms with van der Waals surface area (Å²) >= 11 is 0. The summed E-state index contributed by atoms with van der Waals surface area (Å²) in [6.45, 7) is 4.38. The van der Waals surface area contributed by atoms with E-state index in [0.717, 1.165) is 6.42 Å². The van der Waals surface area contributed by atoms with Gasteiger partial charge in [0.05, 0.1) is 51.4 Å². The first-order valence-corrected chi connectivity index (χ1v) is 5.86. The van der Waals surface area contributed by atoms with Crippen LogP contribution in [0, 0.1) is 22.7 Å². The summed E-state index contributed by atoms with van der Waals surface area (Å²) in [6, 6.07) is 4.02.